The highest BCUT2D eigenvalue weighted by atomic mass is 32.1. The molecule has 0 bridgehead atoms. The fraction of sp³-hybridized carbons (Fsp3) is 0.357. The van der Waals surface area contributed by atoms with Crippen LogP contribution < -0.4 is 14.4 Å². The quantitative estimate of drug-likeness (QED) is 0.405. The van der Waals surface area contributed by atoms with Gasteiger partial charge >= 0.3 is 0 Å². The summed E-state index contributed by atoms with van der Waals surface area (Å²) < 4.78 is 11.0. The second-order valence-corrected chi connectivity index (χ2v) is 10.7. The van der Waals surface area contributed by atoms with Gasteiger partial charge in [-0.15, -0.1) is 11.3 Å². The van der Waals surface area contributed by atoms with Gasteiger partial charge in [0.2, 0.25) is 6.79 Å². The van der Waals surface area contributed by atoms with E-state index in [1.54, 1.807) is 0 Å². The van der Waals surface area contributed by atoms with Crippen LogP contribution in [0.15, 0.2) is 48.5 Å². The summed E-state index contributed by atoms with van der Waals surface area (Å²) in [5.41, 5.74) is 4.04. The molecule has 0 spiro atoms. The Morgan fingerprint density at radius 2 is 1.71 bits per heavy atom. The molecule has 0 unspecified atom stereocenters. The maximum atomic E-state index is 5.56. The lowest BCUT2D eigenvalue weighted by Crippen LogP contribution is -2.46. The maximum Gasteiger partial charge on any atom is 0.231 e. The Balaban J connectivity index is 1.14. The molecule has 2 aliphatic heterocycles. The number of rotatable bonds is 5. The van der Waals surface area contributed by atoms with Crippen LogP contribution in [-0.4, -0.2) is 47.8 Å². The number of piperazine rings is 1. The van der Waals surface area contributed by atoms with Crippen molar-refractivity contribution >= 4 is 27.4 Å². The molecule has 7 heteroatoms. The summed E-state index contributed by atoms with van der Waals surface area (Å²) in [5, 5.41) is 1.32. The minimum absolute atomic E-state index is 0.323. The van der Waals surface area contributed by atoms with E-state index in [1.807, 2.05) is 17.4 Å². The number of hydrogen-bond acceptors (Lipinski definition) is 7. The first-order valence-electron chi connectivity index (χ1n) is 12.5. The number of fused-ring (bicyclic) bond motifs is 4. The van der Waals surface area contributed by atoms with Crippen LogP contribution in [0.2, 0.25) is 0 Å². The van der Waals surface area contributed by atoms with Crippen molar-refractivity contribution in [1.82, 2.24) is 14.9 Å². The number of benzene rings is 2. The van der Waals surface area contributed by atoms with Crippen LogP contribution in [0.1, 0.15) is 33.8 Å². The first-order chi connectivity index (χ1) is 17.3. The van der Waals surface area contributed by atoms with E-state index in [9.17, 15) is 0 Å². The molecule has 3 aliphatic rings. The predicted molar refractivity (Wildman–Crippen MR) is 139 cm³/mol. The van der Waals surface area contributed by atoms with Gasteiger partial charge in [0.1, 0.15) is 16.5 Å². The number of ether oxygens (including phenoxy) is 2. The molecule has 1 saturated heterocycles. The van der Waals surface area contributed by atoms with Crippen LogP contribution in [0.5, 0.6) is 11.5 Å². The van der Waals surface area contributed by atoms with E-state index >= 15 is 0 Å². The molecule has 7 rings (SSSR count). The molecule has 1 aliphatic carbocycles. The Hall–Kier alpha value is -3.16. The van der Waals surface area contributed by atoms with Gasteiger partial charge in [-0.25, -0.2) is 9.97 Å². The zero-order valence-corrected chi connectivity index (χ0v) is 20.5. The van der Waals surface area contributed by atoms with Crippen LogP contribution in [0.25, 0.3) is 10.2 Å². The van der Waals surface area contributed by atoms with Crippen molar-refractivity contribution in [3.05, 3.63) is 75.9 Å². The Morgan fingerprint density at radius 3 is 2.60 bits per heavy atom. The normalized spacial score (nSPS) is 17.3. The van der Waals surface area contributed by atoms with Gasteiger partial charge in [-0.3, -0.25) is 4.90 Å². The van der Waals surface area contributed by atoms with E-state index in [1.165, 1.54) is 44.6 Å². The van der Waals surface area contributed by atoms with E-state index in [4.69, 9.17) is 19.4 Å². The molecule has 178 valence electrons. The molecule has 4 aromatic rings. The van der Waals surface area contributed by atoms with E-state index in [0.717, 1.165) is 68.7 Å². The standard InChI is InChI=1S/C28H28N4O2S/c1-2-5-19(6-3-1)16-25-29-27(26-21-7-4-8-24(21)35-28(26)30-25)32-13-11-31(12-14-32)17-20-9-10-22-23(15-20)34-18-33-22/h1-3,5-6,9-10,15H,4,7-8,11-14,16-18H2. The number of thiophene rings is 1. The second kappa shape index (κ2) is 8.81. The SMILES string of the molecule is c1ccc(Cc2nc(N3CCN(Cc4ccc5c(c4)OCO5)CC3)c3c4c(sc3n2)CCC4)cc1. The van der Waals surface area contributed by atoms with Crippen molar-refractivity contribution in [2.45, 2.75) is 32.2 Å². The molecular weight excluding hydrogens is 456 g/mol. The highest BCUT2D eigenvalue weighted by Gasteiger charge is 2.27. The average Bonchev–Trinajstić information content (AvgIpc) is 3.61. The molecule has 0 atom stereocenters. The summed E-state index contributed by atoms with van der Waals surface area (Å²) in [4.78, 5) is 17.9. The third-order valence-electron chi connectivity index (χ3n) is 7.31. The smallest absolute Gasteiger partial charge is 0.231 e. The van der Waals surface area contributed by atoms with Crippen molar-refractivity contribution in [1.29, 1.82) is 0 Å². The Bertz CT molecular complexity index is 1380. The zero-order chi connectivity index (χ0) is 23.2. The molecule has 0 N–H and O–H groups in total. The first-order valence-corrected chi connectivity index (χ1v) is 13.3. The molecule has 1 fully saturated rings. The van der Waals surface area contributed by atoms with Crippen molar-refractivity contribution in [2.75, 3.05) is 37.9 Å². The van der Waals surface area contributed by atoms with Gasteiger partial charge in [0.25, 0.3) is 0 Å². The fourth-order valence-electron chi connectivity index (χ4n) is 5.52. The number of anilines is 1. The summed E-state index contributed by atoms with van der Waals surface area (Å²) >= 11 is 1.89. The summed E-state index contributed by atoms with van der Waals surface area (Å²) in [5.74, 6) is 3.80. The van der Waals surface area contributed by atoms with Gasteiger partial charge in [-0.1, -0.05) is 36.4 Å². The van der Waals surface area contributed by atoms with Crippen LogP contribution in [0, 0.1) is 0 Å². The van der Waals surface area contributed by atoms with Crippen LogP contribution in [0.4, 0.5) is 5.82 Å². The molecule has 4 heterocycles. The molecule has 0 saturated carbocycles. The minimum Gasteiger partial charge on any atom is -0.454 e. The van der Waals surface area contributed by atoms with Gasteiger partial charge in [-0.05, 0) is 48.1 Å². The lowest BCUT2D eigenvalue weighted by Gasteiger charge is -2.36. The molecular formula is C28H28N4O2S. The fourth-order valence-corrected chi connectivity index (χ4v) is 6.80. The van der Waals surface area contributed by atoms with Crippen LogP contribution in [-0.2, 0) is 25.8 Å². The van der Waals surface area contributed by atoms with Crippen LogP contribution in [0.3, 0.4) is 0 Å². The lowest BCUT2D eigenvalue weighted by atomic mass is 10.1. The van der Waals surface area contributed by atoms with Crippen LogP contribution >= 0.6 is 11.3 Å². The van der Waals surface area contributed by atoms with E-state index < -0.39 is 0 Å². The number of hydrogen-bond donors (Lipinski definition) is 0. The minimum atomic E-state index is 0.323. The number of aryl methyl sites for hydroxylation is 2. The largest absolute Gasteiger partial charge is 0.454 e. The van der Waals surface area contributed by atoms with E-state index in [-0.39, 0.29) is 0 Å². The van der Waals surface area contributed by atoms with Crippen molar-refractivity contribution in [3.63, 3.8) is 0 Å². The van der Waals surface area contributed by atoms with Crippen molar-refractivity contribution in [2.24, 2.45) is 0 Å². The van der Waals surface area contributed by atoms with Gasteiger partial charge in [0.05, 0.1) is 5.39 Å². The molecule has 0 radical (unpaired) electrons. The highest BCUT2D eigenvalue weighted by molar-refractivity contribution is 7.19. The summed E-state index contributed by atoms with van der Waals surface area (Å²) in [7, 11) is 0. The first kappa shape index (κ1) is 21.1. The molecule has 6 nitrogen and oxygen atoms in total. The Labute approximate surface area is 209 Å². The zero-order valence-electron chi connectivity index (χ0n) is 19.7. The molecule has 35 heavy (non-hydrogen) atoms. The summed E-state index contributed by atoms with van der Waals surface area (Å²) in [6.45, 7) is 5.23. The van der Waals surface area contributed by atoms with Gasteiger partial charge in [0.15, 0.2) is 11.5 Å². The second-order valence-electron chi connectivity index (χ2n) is 9.61. The number of aromatic nitrogens is 2. The average molecular weight is 485 g/mol. The maximum absolute atomic E-state index is 5.56. The Kier molecular flexibility index (Phi) is 5.32. The van der Waals surface area contributed by atoms with E-state index in [0.29, 0.717) is 6.79 Å². The molecule has 0 amide bonds. The lowest BCUT2D eigenvalue weighted by molar-refractivity contribution is 0.174. The molecule has 2 aromatic heterocycles. The highest BCUT2D eigenvalue weighted by Crippen LogP contribution is 2.41. The monoisotopic (exact) mass is 484 g/mol. The third kappa shape index (κ3) is 4.02. The topological polar surface area (TPSA) is 50.7 Å². The molecule has 2 aromatic carbocycles. The van der Waals surface area contributed by atoms with Gasteiger partial charge in [-0.2, -0.15) is 0 Å². The summed E-state index contributed by atoms with van der Waals surface area (Å²) in [6.07, 6.45) is 4.38. The predicted octanol–water partition coefficient (Wildman–Crippen LogP) is 4.82. The van der Waals surface area contributed by atoms with E-state index in [2.05, 4.69) is 52.3 Å². The third-order valence-corrected chi connectivity index (χ3v) is 8.50. The van der Waals surface area contributed by atoms with Crippen molar-refractivity contribution < 1.29 is 9.47 Å². The Morgan fingerprint density at radius 1 is 0.857 bits per heavy atom. The number of nitrogens with zero attached hydrogens (tertiary/aromatic N) is 4. The summed E-state index contributed by atoms with van der Waals surface area (Å²) in [6, 6.07) is 16.9. The van der Waals surface area contributed by atoms with Crippen molar-refractivity contribution in [3.8, 4) is 11.5 Å². The van der Waals surface area contributed by atoms with Gasteiger partial charge in [0, 0.05) is 44.0 Å². The van der Waals surface area contributed by atoms with Gasteiger partial charge < -0.3 is 14.4 Å².